The molecule has 1 aromatic rings. The summed E-state index contributed by atoms with van der Waals surface area (Å²) < 4.78 is 4.94. The molecule has 1 saturated carbocycles. The fraction of sp³-hybridized carbons (Fsp3) is 0.500. The highest BCUT2D eigenvalue weighted by atomic mass is 16.4. The van der Waals surface area contributed by atoms with Crippen LogP contribution >= 0.6 is 0 Å². The number of carboxylic acids is 1. The lowest BCUT2D eigenvalue weighted by Gasteiger charge is -2.06. The average molecular weight is 182 g/mol. The highest BCUT2D eigenvalue weighted by Crippen LogP contribution is 2.37. The Morgan fingerprint density at radius 2 is 2.46 bits per heavy atom. The molecule has 0 bridgehead atoms. The summed E-state index contributed by atoms with van der Waals surface area (Å²) in [6.45, 7) is 2.04. The molecule has 0 spiro atoms. The fourth-order valence-corrected chi connectivity index (χ4v) is 1.00. The number of carbonyl (C=O) groups is 1. The number of aromatic nitrogens is 1. The molecule has 2 rings (SSSR count). The first-order valence-electron chi connectivity index (χ1n) is 4.06. The molecular formula is C8H10N2O3. The van der Waals surface area contributed by atoms with E-state index in [1.54, 1.807) is 0 Å². The predicted molar refractivity (Wildman–Crippen MR) is 44.7 cm³/mol. The van der Waals surface area contributed by atoms with E-state index in [1.165, 1.54) is 0 Å². The van der Waals surface area contributed by atoms with Crippen molar-refractivity contribution in [2.75, 3.05) is 5.32 Å². The molecule has 1 aliphatic carbocycles. The molecule has 1 fully saturated rings. The Hall–Kier alpha value is -1.52. The van der Waals surface area contributed by atoms with Gasteiger partial charge in [0.1, 0.15) is 6.26 Å². The molecule has 70 valence electrons. The van der Waals surface area contributed by atoms with E-state index in [9.17, 15) is 4.79 Å². The van der Waals surface area contributed by atoms with Crippen molar-refractivity contribution in [3.8, 4) is 0 Å². The molecule has 1 heterocycles. The minimum atomic E-state index is -1.07. The van der Waals surface area contributed by atoms with Gasteiger partial charge in [-0.25, -0.2) is 4.79 Å². The van der Waals surface area contributed by atoms with Gasteiger partial charge in [-0.3, -0.25) is 0 Å². The highest BCUT2D eigenvalue weighted by Gasteiger charge is 2.38. The van der Waals surface area contributed by atoms with E-state index in [0.717, 1.165) is 19.1 Å². The number of carboxylic acid groups (broad SMARTS) is 1. The van der Waals surface area contributed by atoms with Crippen LogP contribution in [0.1, 0.15) is 30.3 Å². The van der Waals surface area contributed by atoms with Crippen LogP contribution < -0.4 is 5.32 Å². The van der Waals surface area contributed by atoms with Crippen molar-refractivity contribution in [3.63, 3.8) is 0 Å². The Labute approximate surface area is 74.8 Å². The van der Waals surface area contributed by atoms with Gasteiger partial charge in [-0.15, -0.1) is 0 Å². The summed E-state index contributed by atoms with van der Waals surface area (Å²) in [5, 5.41) is 11.6. The molecule has 0 amide bonds. The van der Waals surface area contributed by atoms with Gasteiger partial charge in [0.05, 0.1) is 0 Å². The number of oxazole rings is 1. The molecule has 13 heavy (non-hydrogen) atoms. The summed E-state index contributed by atoms with van der Waals surface area (Å²) in [5.74, 6) is -1.07. The summed E-state index contributed by atoms with van der Waals surface area (Å²) in [4.78, 5) is 14.2. The lowest BCUT2D eigenvalue weighted by atomic mass is 10.3. The van der Waals surface area contributed by atoms with Crippen LogP contribution in [0.4, 0.5) is 6.01 Å². The predicted octanol–water partition coefficient (Wildman–Crippen LogP) is 1.34. The van der Waals surface area contributed by atoms with E-state index in [-0.39, 0.29) is 17.2 Å². The number of hydrogen-bond acceptors (Lipinski definition) is 4. The lowest BCUT2D eigenvalue weighted by molar-refractivity contribution is 0.0690. The molecular weight excluding hydrogens is 172 g/mol. The van der Waals surface area contributed by atoms with Gasteiger partial charge in [-0.05, 0) is 19.8 Å². The minimum absolute atomic E-state index is 0.0562. The summed E-state index contributed by atoms with van der Waals surface area (Å²) in [7, 11) is 0. The third-order valence-corrected chi connectivity index (χ3v) is 2.13. The monoisotopic (exact) mass is 182 g/mol. The normalized spacial score (nSPS) is 18.2. The Bertz CT molecular complexity index is 341. The Balaban J connectivity index is 2.09. The smallest absolute Gasteiger partial charge is 0.357 e. The van der Waals surface area contributed by atoms with Gasteiger partial charge in [0, 0.05) is 5.54 Å². The van der Waals surface area contributed by atoms with Crippen molar-refractivity contribution in [1.82, 2.24) is 4.98 Å². The number of hydrogen-bond donors (Lipinski definition) is 2. The van der Waals surface area contributed by atoms with Gasteiger partial charge in [0.2, 0.25) is 0 Å². The zero-order chi connectivity index (χ0) is 9.47. The molecule has 0 aliphatic heterocycles. The first kappa shape index (κ1) is 8.10. The molecule has 1 aliphatic rings. The first-order chi connectivity index (χ1) is 6.09. The average Bonchev–Trinajstić information content (AvgIpc) is 2.62. The minimum Gasteiger partial charge on any atom is -0.476 e. The standard InChI is InChI=1S/C8H10N2O3/c1-8(2-3-8)10-7-9-5(4-13-7)6(11)12/h4H,2-3H2,1H3,(H,9,10)(H,11,12). The van der Waals surface area contributed by atoms with Gasteiger partial charge in [-0.2, -0.15) is 4.98 Å². The van der Waals surface area contributed by atoms with E-state index >= 15 is 0 Å². The second-order valence-corrected chi connectivity index (χ2v) is 3.53. The first-order valence-corrected chi connectivity index (χ1v) is 4.06. The van der Waals surface area contributed by atoms with E-state index in [2.05, 4.69) is 10.3 Å². The van der Waals surface area contributed by atoms with Gasteiger partial charge in [0.15, 0.2) is 5.69 Å². The number of anilines is 1. The summed E-state index contributed by atoms with van der Waals surface area (Å²) in [5.41, 5.74) is -0.00702. The number of rotatable bonds is 3. The third kappa shape index (κ3) is 1.63. The quantitative estimate of drug-likeness (QED) is 0.737. The van der Waals surface area contributed by atoms with Crippen LogP contribution in [0, 0.1) is 0 Å². The Morgan fingerprint density at radius 1 is 1.77 bits per heavy atom. The number of aromatic carboxylic acids is 1. The largest absolute Gasteiger partial charge is 0.476 e. The highest BCUT2D eigenvalue weighted by molar-refractivity contribution is 5.85. The van der Waals surface area contributed by atoms with Crippen LogP contribution in [-0.4, -0.2) is 21.6 Å². The maximum Gasteiger partial charge on any atom is 0.357 e. The second-order valence-electron chi connectivity index (χ2n) is 3.53. The molecule has 0 saturated heterocycles. The number of nitrogens with one attached hydrogen (secondary N) is 1. The van der Waals surface area contributed by atoms with Crippen LogP contribution in [-0.2, 0) is 0 Å². The fourth-order valence-electron chi connectivity index (χ4n) is 1.00. The van der Waals surface area contributed by atoms with Crippen molar-refractivity contribution >= 4 is 12.0 Å². The summed E-state index contributed by atoms with van der Waals surface area (Å²) >= 11 is 0. The van der Waals surface area contributed by atoms with E-state index < -0.39 is 5.97 Å². The van der Waals surface area contributed by atoms with Crippen LogP contribution in [0.15, 0.2) is 10.7 Å². The van der Waals surface area contributed by atoms with E-state index in [0.29, 0.717) is 0 Å². The molecule has 0 radical (unpaired) electrons. The van der Waals surface area contributed by atoms with Crippen LogP contribution in [0.25, 0.3) is 0 Å². The molecule has 1 aromatic heterocycles. The molecule has 0 atom stereocenters. The van der Waals surface area contributed by atoms with E-state index in [1.807, 2.05) is 6.92 Å². The maximum absolute atomic E-state index is 10.4. The van der Waals surface area contributed by atoms with Crippen LogP contribution in [0.5, 0.6) is 0 Å². The Kier molecular flexibility index (Phi) is 1.55. The summed E-state index contributed by atoms with van der Waals surface area (Å²) in [6, 6.07) is 0.289. The zero-order valence-corrected chi connectivity index (χ0v) is 7.20. The summed E-state index contributed by atoms with van der Waals surface area (Å²) in [6.07, 6.45) is 3.27. The topological polar surface area (TPSA) is 75.4 Å². The Morgan fingerprint density at radius 3 is 2.92 bits per heavy atom. The number of nitrogens with zero attached hydrogens (tertiary/aromatic N) is 1. The van der Waals surface area contributed by atoms with E-state index in [4.69, 9.17) is 9.52 Å². The molecule has 0 aromatic carbocycles. The van der Waals surface area contributed by atoms with Crippen molar-refractivity contribution in [2.45, 2.75) is 25.3 Å². The van der Waals surface area contributed by atoms with Crippen LogP contribution in [0.3, 0.4) is 0 Å². The lowest BCUT2D eigenvalue weighted by Crippen LogP contribution is -2.16. The van der Waals surface area contributed by atoms with Crippen molar-refractivity contribution < 1.29 is 14.3 Å². The van der Waals surface area contributed by atoms with Gasteiger partial charge in [0.25, 0.3) is 6.01 Å². The van der Waals surface area contributed by atoms with Gasteiger partial charge in [-0.1, -0.05) is 0 Å². The zero-order valence-electron chi connectivity index (χ0n) is 7.20. The van der Waals surface area contributed by atoms with Crippen molar-refractivity contribution in [2.24, 2.45) is 0 Å². The second kappa shape index (κ2) is 2.48. The molecule has 0 unspecified atom stereocenters. The third-order valence-electron chi connectivity index (χ3n) is 2.13. The van der Waals surface area contributed by atoms with Crippen LogP contribution in [0.2, 0.25) is 0 Å². The van der Waals surface area contributed by atoms with Crippen molar-refractivity contribution in [3.05, 3.63) is 12.0 Å². The van der Waals surface area contributed by atoms with Gasteiger partial charge < -0.3 is 14.8 Å². The van der Waals surface area contributed by atoms with Crippen molar-refractivity contribution in [1.29, 1.82) is 0 Å². The maximum atomic E-state index is 10.4. The molecule has 5 heteroatoms. The molecule has 2 N–H and O–H groups in total. The van der Waals surface area contributed by atoms with Gasteiger partial charge >= 0.3 is 5.97 Å². The molecule has 5 nitrogen and oxygen atoms in total. The SMILES string of the molecule is CC1(Nc2nc(C(=O)O)co2)CC1.